The van der Waals surface area contributed by atoms with Crippen molar-refractivity contribution in [1.29, 1.82) is 0 Å². The molecule has 0 radical (unpaired) electrons. The lowest BCUT2D eigenvalue weighted by atomic mass is 9.77. The third kappa shape index (κ3) is 3.26. The highest BCUT2D eigenvalue weighted by Crippen LogP contribution is 2.42. The van der Waals surface area contributed by atoms with Crippen molar-refractivity contribution < 1.29 is 4.74 Å². The van der Waals surface area contributed by atoms with Gasteiger partial charge in [-0.15, -0.1) is 0 Å². The number of morpholine rings is 1. The molecule has 0 amide bonds. The lowest BCUT2D eigenvalue weighted by Crippen LogP contribution is -2.36. The van der Waals surface area contributed by atoms with Gasteiger partial charge in [0, 0.05) is 38.2 Å². The summed E-state index contributed by atoms with van der Waals surface area (Å²) in [7, 11) is 2.11. The average molecular weight is 412 g/mol. The zero-order valence-corrected chi connectivity index (χ0v) is 18.2. The summed E-state index contributed by atoms with van der Waals surface area (Å²) in [6, 6.07) is 18.1. The summed E-state index contributed by atoms with van der Waals surface area (Å²) in [6.45, 7) is 4.65. The van der Waals surface area contributed by atoms with Gasteiger partial charge in [0.25, 0.3) is 0 Å². The van der Waals surface area contributed by atoms with Gasteiger partial charge in [-0.1, -0.05) is 48.5 Å². The quantitative estimate of drug-likeness (QED) is 0.443. The molecule has 1 fully saturated rings. The molecule has 31 heavy (non-hydrogen) atoms. The average Bonchev–Trinajstić information content (AvgIpc) is 3.18. The van der Waals surface area contributed by atoms with Gasteiger partial charge in [-0.25, -0.2) is 0 Å². The third-order valence-electron chi connectivity index (χ3n) is 7.26. The molecule has 3 aromatic carbocycles. The molecular weight excluding hydrogens is 382 g/mol. The van der Waals surface area contributed by atoms with Gasteiger partial charge in [-0.05, 0) is 51.9 Å². The lowest BCUT2D eigenvalue weighted by molar-refractivity contribution is 0.0340. The maximum Gasteiger partial charge on any atom is 0.0594 e. The molecule has 1 unspecified atom stereocenters. The molecule has 4 nitrogen and oxygen atoms in total. The Balaban J connectivity index is 1.44. The van der Waals surface area contributed by atoms with Gasteiger partial charge in [0.05, 0.1) is 25.1 Å². The van der Waals surface area contributed by atoms with Gasteiger partial charge in [-0.3, -0.25) is 9.58 Å². The number of rotatable bonds is 3. The molecule has 1 aliphatic carbocycles. The smallest absolute Gasteiger partial charge is 0.0594 e. The first kappa shape index (κ1) is 19.0. The number of aromatic nitrogens is 2. The molecule has 0 spiro atoms. The van der Waals surface area contributed by atoms with Crippen LogP contribution in [0.3, 0.4) is 0 Å². The third-order valence-corrected chi connectivity index (χ3v) is 7.26. The summed E-state index contributed by atoms with van der Waals surface area (Å²) < 4.78 is 7.67. The van der Waals surface area contributed by atoms with Crippen molar-refractivity contribution in [2.24, 2.45) is 7.05 Å². The van der Waals surface area contributed by atoms with E-state index in [1.165, 1.54) is 56.8 Å². The Morgan fingerprint density at radius 3 is 2.71 bits per heavy atom. The van der Waals surface area contributed by atoms with Crippen molar-refractivity contribution in [3.05, 3.63) is 77.1 Å². The van der Waals surface area contributed by atoms with E-state index in [1.807, 2.05) is 0 Å². The monoisotopic (exact) mass is 411 g/mol. The number of aryl methyl sites for hydroxylation is 2. The molecule has 0 saturated carbocycles. The van der Waals surface area contributed by atoms with Crippen LogP contribution in [-0.2, 0) is 24.8 Å². The van der Waals surface area contributed by atoms with Crippen LogP contribution >= 0.6 is 0 Å². The number of fused-ring (bicyclic) bond motifs is 5. The largest absolute Gasteiger partial charge is 0.379 e. The Kier molecular flexibility index (Phi) is 4.77. The van der Waals surface area contributed by atoms with Crippen LogP contribution in [-0.4, -0.2) is 41.0 Å². The predicted molar refractivity (Wildman–Crippen MR) is 126 cm³/mol. The Labute approximate surface area is 183 Å². The minimum absolute atomic E-state index is 0.420. The van der Waals surface area contributed by atoms with E-state index in [4.69, 9.17) is 9.84 Å². The first-order valence-electron chi connectivity index (χ1n) is 11.5. The minimum Gasteiger partial charge on any atom is -0.379 e. The van der Waals surface area contributed by atoms with Crippen molar-refractivity contribution in [2.45, 2.75) is 31.7 Å². The maximum atomic E-state index is 5.54. The molecule has 0 bridgehead atoms. The summed E-state index contributed by atoms with van der Waals surface area (Å²) in [6.07, 6.45) is 5.68. The van der Waals surface area contributed by atoms with E-state index < -0.39 is 0 Å². The highest BCUT2D eigenvalue weighted by molar-refractivity contribution is 6.08. The SMILES string of the molecule is Cn1ncc(CN2CCOCC2)c1C1CCCc2c1ccc1c2ccc2ccccc21. The van der Waals surface area contributed by atoms with Crippen LogP contribution in [0.5, 0.6) is 0 Å². The summed E-state index contributed by atoms with van der Waals surface area (Å²) in [4.78, 5) is 2.50. The molecule has 2 heterocycles. The Morgan fingerprint density at radius 1 is 0.968 bits per heavy atom. The Bertz CT molecular complexity index is 1250. The number of ether oxygens (including phenoxy) is 1. The number of hydrogen-bond donors (Lipinski definition) is 0. The fourth-order valence-electron chi connectivity index (χ4n) is 5.76. The highest BCUT2D eigenvalue weighted by atomic mass is 16.5. The molecule has 4 heteroatoms. The number of benzene rings is 3. The van der Waals surface area contributed by atoms with Crippen LogP contribution in [0.4, 0.5) is 0 Å². The van der Waals surface area contributed by atoms with E-state index in [9.17, 15) is 0 Å². The van der Waals surface area contributed by atoms with E-state index >= 15 is 0 Å². The van der Waals surface area contributed by atoms with Crippen LogP contribution in [0.2, 0.25) is 0 Å². The summed E-state index contributed by atoms with van der Waals surface area (Å²) in [5, 5.41) is 10.2. The second-order valence-electron chi connectivity index (χ2n) is 9.03. The maximum absolute atomic E-state index is 5.54. The van der Waals surface area contributed by atoms with E-state index in [-0.39, 0.29) is 0 Å². The standard InChI is InChI=1S/C27H29N3O/c1-29-27(20(17-28-29)18-30-13-15-31-16-14-30)26-8-4-7-22-24-10-9-19-5-2-3-6-21(19)23(24)11-12-25(22)26/h2-3,5-6,9-12,17,26H,4,7-8,13-16,18H2,1H3. The predicted octanol–water partition coefficient (Wildman–Crippen LogP) is 5.03. The zero-order chi connectivity index (χ0) is 20.8. The summed E-state index contributed by atoms with van der Waals surface area (Å²) >= 11 is 0. The molecule has 4 aromatic rings. The van der Waals surface area contributed by atoms with Crippen LogP contribution in [0.15, 0.2) is 54.7 Å². The second-order valence-corrected chi connectivity index (χ2v) is 9.03. The van der Waals surface area contributed by atoms with Crippen LogP contribution in [0.1, 0.15) is 41.1 Å². The topological polar surface area (TPSA) is 30.3 Å². The van der Waals surface area contributed by atoms with E-state index in [0.29, 0.717) is 5.92 Å². The second kappa shape index (κ2) is 7.77. The van der Waals surface area contributed by atoms with Gasteiger partial charge < -0.3 is 4.74 Å². The number of nitrogens with zero attached hydrogens (tertiary/aromatic N) is 3. The van der Waals surface area contributed by atoms with Crippen LogP contribution in [0.25, 0.3) is 21.5 Å². The van der Waals surface area contributed by atoms with Crippen molar-refractivity contribution >= 4 is 21.5 Å². The molecule has 6 rings (SSSR count). The highest BCUT2D eigenvalue weighted by Gasteiger charge is 2.28. The molecule has 1 aromatic heterocycles. The van der Waals surface area contributed by atoms with Crippen molar-refractivity contribution in [3.8, 4) is 0 Å². The first-order chi connectivity index (χ1) is 15.3. The summed E-state index contributed by atoms with van der Waals surface area (Å²) in [5.41, 5.74) is 5.81. The van der Waals surface area contributed by atoms with Gasteiger partial charge in [-0.2, -0.15) is 5.10 Å². The molecule has 158 valence electrons. The molecule has 1 aliphatic heterocycles. The van der Waals surface area contributed by atoms with Gasteiger partial charge >= 0.3 is 0 Å². The molecule has 0 N–H and O–H groups in total. The van der Waals surface area contributed by atoms with Crippen LogP contribution in [0, 0.1) is 0 Å². The van der Waals surface area contributed by atoms with E-state index in [1.54, 1.807) is 0 Å². The summed E-state index contributed by atoms with van der Waals surface area (Å²) in [5.74, 6) is 0.420. The molecule has 1 atom stereocenters. The zero-order valence-electron chi connectivity index (χ0n) is 18.2. The van der Waals surface area contributed by atoms with Gasteiger partial charge in [0.1, 0.15) is 0 Å². The molecule has 1 saturated heterocycles. The van der Waals surface area contributed by atoms with Gasteiger partial charge in [0.2, 0.25) is 0 Å². The lowest BCUT2D eigenvalue weighted by Gasteiger charge is -2.30. The normalized spacial score (nSPS) is 19.7. The van der Waals surface area contributed by atoms with Crippen molar-refractivity contribution in [3.63, 3.8) is 0 Å². The fourth-order valence-corrected chi connectivity index (χ4v) is 5.76. The van der Waals surface area contributed by atoms with Gasteiger partial charge in [0.15, 0.2) is 0 Å². The molecular formula is C27H29N3O. The fraction of sp³-hybridized carbons (Fsp3) is 0.370. The van der Waals surface area contributed by atoms with Crippen molar-refractivity contribution in [2.75, 3.05) is 26.3 Å². The molecule has 2 aliphatic rings. The minimum atomic E-state index is 0.420. The van der Waals surface area contributed by atoms with E-state index in [2.05, 4.69) is 71.4 Å². The number of hydrogen-bond acceptors (Lipinski definition) is 3. The Hall–Kier alpha value is -2.69. The Morgan fingerprint density at radius 2 is 1.81 bits per heavy atom. The van der Waals surface area contributed by atoms with E-state index in [0.717, 1.165) is 39.3 Å². The first-order valence-corrected chi connectivity index (χ1v) is 11.5. The van der Waals surface area contributed by atoms with Crippen molar-refractivity contribution in [1.82, 2.24) is 14.7 Å². The van der Waals surface area contributed by atoms with Crippen LogP contribution < -0.4 is 0 Å².